The normalized spacial score (nSPS) is 26.3. The molecule has 1 saturated carbocycles. The first-order valence-corrected chi connectivity index (χ1v) is 8.74. The summed E-state index contributed by atoms with van der Waals surface area (Å²) in [5.41, 5.74) is 0.724. The van der Waals surface area contributed by atoms with E-state index in [1.165, 1.54) is 6.42 Å². The molecule has 1 aliphatic carbocycles. The van der Waals surface area contributed by atoms with Crippen LogP contribution < -0.4 is 5.11 Å². The molecule has 124 valence electrons. The van der Waals surface area contributed by atoms with E-state index in [2.05, 4.69) is 0 Å². The highest BCUT2D eigenvalue weighted by Gasteiger charge is 2.41. The minimum absolute atomic E-state index is 0.0410. The van der Waals surface area contributed by atoms with Crippen LogP contribution >= 0.6 is 11.6 Å². The van der Waals surface area contributed by atoms with Gasteiger partial charge in [-0.15, -0.1) is 0 Å². The highest BCUT2D eigenvalue weighted by atomic mass is 35.5. The Morgan fingerprint density at radius 2 is 1.83 bits per heavy atom. The average Bonchev–Trinajstić information content (AvgIpc) is 2.55. The Morgan fingerprint density at radius 1 is 1.13 bits per heavy atom. The van der Waals surface area contributed by atoms with Crippen LogP contribution in [0.3, 0.4) is 0 Å². The van der Waals surface area contributed by atoms with E-state index in [0.29, 0.717) is 11.4 Å². The number of hydrogen-bond donors (Lipinski definition) is 0. The molecule has 4 nitrogen and oxygen atoms in total. The molecule has 1 saturated heterocycles. The summed E-state index contributed by atoms with van der Waals surface area (Å²) in [5.74, 6) is -1.75. The molecular formula is C18H21ClNO3-. The molecule has 1 aromatic rings. The van der Waals surface area contributed by atoms with Crippen molar-refractivity contribution >= 4 is 23.5 Å². The van der Waals surface area contributed by atoms with Crippen molar-refractivity contribution < 1.29 is 14.7 Å². The summed E-state index contributed by atoms with van der Waals surface area (Å²) >= 11 is 6.33. The molecule has 1 amide bonds. The first kappa shape index (κ1) is 16.3. The number of carbonyl (C=O) groups excluding carboxylic acids is 2. The average molecular weight is 335 g/mol. The van der Waals surface area contributed by atoms with Gasteiger partial charge in [-0.1, -0.05) is 49.1 Å². The molecule has 2 fully saturated rings. The molecule has 5 heteroatoms. The summed E-state index contributed by atoms with van der Waals surface area (Å²) in [6, 6.07) is 6.83. The molecule has 2 aliphatic rings. The summed E-state index contributed by atoms with van der Waals surface area (Å²) in [7, 11) is 0. The van der Waals surface area contributed by atoms with Crippen LogP contribution in [0.15, 0.2) is 24.3 Å². The number of benzene rings is 1. The summed E-state index contributed by atoms with van der Waals surface area (Å²) in [5, 5.41) is 12.2. The maximum absolute atomic E-state index is 12.6. The Morgan fingerprint density at radius 3 is 2.48 bits per heavy atom. The highest BCUT2D eigenvalue weighted by molar-refractivity contribution is 6.31. The van der Waals surface area contributed by atoms with Gasteiger partial charge in [-0.25, -0.2) is 0 Å². The third kappa shape index (κ3) is 3.23. The van der Waals surface area contributed by atoms with Crippen molar-refractivity contribution in [2.45, 2.75) is 57.0 Å². The molecule has 1 aromatic carbocycles. The van der Waals surface area contributed by atoms with Gasteiger partial charge in [-0.3, -0.25) is 4.79 Å². The van der Waals surface area contributed by atoms with Crippen molar-refractivity contribution in [1.82, 2.24) is 4.90 Å². The lowest BCUT2D eigenvalue weighted by molar-refractivity contribution is -0.314. The van der Waals surface area contributed by atoms with E-state index in [1.54, 1.807) is 6.07 Å². The van der Waals surface area contributed by atoms with Crippen molar-refractivity contribution in [3.05, 3.63) is 34.9 Å². The van der Waals surface area contributed by atoms with Gasteiger partial charge in [0.05, 0.1) is 6.04 Å². The molecule has 0 aromatic heterocycles. The number of rotatable bonds is 3. The number of halogens is 1. The fourth-order valence-corrected chi connectivity index (χ4v) is 4.28. The van der Waals surface area contributed by atoms with Crippen LogP contribution in [0.2, 0.25) is 5.02 Å². The molecule has 0 spiro atoms. The van der Waals surface area contributed by atoms with Gasteiger partial charge in [0.25, 0.3) is 0 Å². The second kappa shape index (κ2) is 6.91. The van der Waals surface area contributed by atoms with Crippen molar-refractivity contribution in [3.63, 3.8) is 0 Å². The molecule has 0 radical (unpaired) electrons. The smallest absolute Gasteiger partial charge is 0.223 e. The minimum atomic E-state index is -1.09. The standard InChI is InChI=1S/C18H22ClNO3/c19-15-9-5-4-8-13(15)17-14(18(22)23)10-11-16(21)20(17)12-6-2-1-3-7-12/h4-5,8-9,12,14,17H,1-3,6-7,10-11H2,(H,22,23)/p-1/t14-,17+/m0/s1. The van der Waals surface area contributed by atoms with E-state index in [4.69, 9.17) is 11.6 Å². The first-order chi connectivity index (χ1) is 11.1. The summed E-state index contributed by atoms with van der Waals surface area (Å²) in [4.78, 5) is 26.1. The second-order valence-corrected chi connectivity index (χ2v) is 6.93. The zero-order valence-corrected chi connectivity index (χ0v) is 13.8. The first-order valence-electron chi connectivity index (χ1n) is 8.36. The third-order valence-electron chi connectivity index (χ3n) is 5.13. The number of nitrogens with zero attached hydrogens (tertiary/aromatic N) is 1. The molecule has 23 heavy (non-hydrogen) atoms. The number of hydrogen-bond acceptors (Lipinski definition) is 3. The molecule has 1 heterocycles. The lowest BCUT2D eigenvalue weighted by Gasteiger charge is -2.47. The SMILES string of the molecule is O=C([O-])[C@H]1CCC(=O)N(C2CCCCC2)[C@@H]1c1ccccc1Cl. The monoisotopic (exact) mass is 334 g/mol. The molecule has 1 aliphatic heterocycles. The van der Waals surface area contributed by atoms with Crippen LogP contribution in [0.4, 0.5) is 0 Å². The van der Waals surface area contributed by atoms with Gasteiger partial charge < -0.3 is 14.8 Å². The Balaban J connectivity index is 2.02. The van der Waals surface area contributed by atoms with Gasteiger partial charge >= 0.3 is 0 Å². The van der Waals surface area contributed by atoms with Gasteiger partial charge in [0.2, 0.25) is 5.91 Å². The van der Waals surface area contributed by atoms with E-state index < -0.39 is 17.9 Å². The molecule has 0 unspecified atom stereocenters. The lowest BCUT2D eigenvalue weighted by atomic mass is 9.81. The Hall–Kier alpha value is -1.55. The van der Waals surface area contributed by atoms with E-state index >= 15 is 0 Å². The number of carbonyl (C=O) groups is 2. The molecule has 3 rings (SSSR count). The maximum Gasteiger partial charge on any atom is 0.223 e. The van der Waals surface area contributed by atoms with Crippen LogP contribution in [0.1, 0.15) is 56.6 Å². The molecule has 0 bridgehead atoms. The van der Waals surface area contributed by atoms with Gasteiger partial charge in [0.15, 0.2) is 0 Å². The highest BCUT2D eigenvalue weighted by Crippen LogP contribution is 2.42. The number of carboxylic acid groups (broad SMARTS) is 1. The fourth-order valence-electron chi connectivity index (χ4n) is 4.03. The lowest BCUT2D eigenvalue weighted by Crippen LogP contribution is -2.53. The second-order valence-electron chi connectivity index (χ2n) is 6.52. The van der Waals surface area contributed by atoms with Gasteiger partial charge in [-0.05, 0) is 30.9 Å². The number of piperidine rings is 1. The number of aliphatic carboxylic acids is 1. The van der Waals surface area contributed by atoms with Crippen LogP contribution in [0, 0.1) is 5.92 Å². The summed E-state index contributed by atoms with van der Waals surface area (Å²) in [6.07, 6.45) is 5.81. The number of likely N-dealkylation sites (tertiary alicyclic amines) is 1. The molecule has 2 atom stereocenters. The maximum atomic E-state index is 12.6. The van der Waals surface area contributed by atoms with Gasteiger partial charge in [0.1, 0.15) is 0 Å². The van der Waals surface area contributed by atoms with E-state index in [-0.39, 0.29) is 18.4 Å². The quantitative estimate of drug-likeness (QED) is 0.853. The van der Waals surface area contributed by atoms with Crippen molar-refractivity contribution in [3.8, 4) is 0 Å². The Bertz CT molecular complexity index is 598. The van der Waals surface area contributed by atoms with Crippen molar-refractivity contribution in [2.24, 2.45) is 5.92 Å². The topological polar surface area (TPSA) is 60.4 Å². The van der Waals surface area contributed by atoms with Crippen LogP contribution in [-0.4, -0.2) is 22.8 Å². The molecule has 0 N–H and O–H groups in total. The fraction of sp³-hybridized carbons (Fsp3) is 0.556. The van der Waals surface area contributed by atoms with Crippen molar-refractivity contribution in [2.75, 3.05) is 0 Å². The third-order valence-corrected chi connectivity index (χ3v) is 5.48. The van der Waals surface area contributed by atoms with Gasteiger partial charge in [-0.2, -0.15) is 0 Å². The zero-order valence-electron chi connectivity index (χ0n) is 13.0. The van der Waals surface area contributed by atoms with E-state index in [0.717, 1.165) is 31.2 Å². The van der Waals surface area contributed by atoms with E-state index in [1.807, 2.05) is 23.1 Å². The predicted octanol–water partition coefficient (Wildman–Crippen LogP) is 2.70. The van der Waals surface area contributed by atoms with Gasteiger partial charge in [0, 0.05) is 29.4 Å². The summed E-state index contributed by atoms with van der Waals surface area (Å²) < 4.78 is 0. The minimum Gasteiger partial charge on any atom is -0.550 e. The Labute approximate surface area is 141 Å². The van der Waals surface area contributed by atoms with E-state index in [9.17, 15) is 14.7 Å². The van der Waals surface area contributed by atoms with Crippen LogP contribution in [-0.2, 0) is 9.59 Å². The van der Waals surface area contributed by atoms with Crippen LogP contribution in [0.5, 0.6) is 0 Å². The largest absolute Gasteiger partial charge is 0.550 e. The summed E-state index contributed by atoms with van der Waals surface area (Å²) in [6.45, 7) is 0. The predicted molar refractivity (Wildman–Crippen MR) is 85.6 cm³/mol. The van der Waals surface area contributed by atoms with Crippen molar-refractivity contribution in [1.29, 1.82) is 0 Å². The van der Waals surface area contributed by atoms with Crippen LogP contribution in [0.25, 0.3) is 0 Å². The number of carboxylic acids is 1. The zero-order chi connectivity index (χ0) is 16.4. The molecular weight excluding hydrogens is 314 g/mol. The number of amides is 1. The Kier molecular flexibility index (Phi) is 4.90.